The molecule has 0 radical (unpaired) electrons. The van der Waals surface area contributed by atoms with E-state index in [0.717, 1.165) is 12.8 Å². The highest BCUT2D eigenvalue weighted by molar-refractivity contribution is 6.16. The molecular formula is C29H33NO8. The van der Waals surface area contributed by atoms with E-state index in [0.29, 0.717) is 47.0 Å². The summed E-state index contributed by atoms with van der Waals surface area (Å²) in [7, 11) is 3.03. The number of ketones is 1. The molecule has 202 valence electrons. The van der Waals surface area contributed by atoms with Crippen LogP contribution in [0.25, 0.3) is 11.0 Å². The van der Waals surface area contributed by atoms with Gasteiger partial charge in [0.15, 0.2) is 34.4 Å². The lowest BCUT2D eigenvalue weighted by molar-refractivity contribution is -0.130. The molecule has 9 heteroatoms. The molecule has 4 rings (SSSR count). The van der Waals surface area contributed by atoms with Gasteiger partial charge in [-0.1, -0.05) is 31.5 Å². The van der Waals surface area contributed by atoms with Gasteiger partial charge in [0.25, 0.3) is 5.91 Å². The molecule has 0 aliphatic carbocycles. The molecule has 2 aromatic carbocycles. The van der Waals surface area contributed by atoms with E-state index in [1.54, 1.807) is 42.5 Å². The summed E-state index contributed by atoms with van der Waals surface area (Å²) < 4.78 is 28.1. The lowest BCUT2D eigenvalue weighted by Crippen LogP contribution is -2.34. The zero-order chi connectivity index (χ0) is 27.2. The highest BCUT2D eigenvalue weighted by Crippen LogP contribution is 2.42. The molecule has 1 aromatic heterocycles. The zero-order valence-corrected chi connectivity index (χ0v) is 22.1. The van der Waals surface area contributed by atoms with E-state index >= 15 is 0 Å². The number of Topliss-reactive ketones (excluding diaryl/α,β-unsaturated/α-hetero) is 1. The van der Waals surface area contributed by atoms with E-state index in [-0.39, 0.29) is 24.5 Å². The minimum atomic E-state index is -0.885. The molecule has 1 unspecified atom stereocenters. The van der Waals surface area contributed by atoms with E-state index in [2.05, 4.69) is 6.92 Å². The first kappa shape index (κ1) is 27.1. The predicted molar refractivity (Wildman–Crippen MR) is 141 cm³/mol. The van der Waals surface area contributed by atoms with Gasteiger partial charge in [-0.3, -0.25) is 9.59 Å². The monoisotopic (exact) mass is 523 g/mol. The molecule has 1 aliphatic rings. The number of aliphatic hydroxyl groups is 1. The standard InChI is InChI=1S/C29H33NO8/c1-5-7-14-37-20-12-11-18(16-22(20)36-6-2)25-24(27(32)29(33)30(25)13-15-34-3)26(31)23-17-19-9-8-10-21(35-4)28(19)38-23/h8-12,16-17,25,32H,5-7,13-15H2,1-4H3. The number of carbonyl (C=O) groups is 2. The summed E-state index contributed by atoms with van der Waals surface area (Å²) in [5, 5.41) is 11.6. The summed E-state index contributed by atoms with van der Waals surface area (Å²) >= 11 is 0. The summed E-state index contributed by atoms with van der Waals surface area (Å²) in [6.45, 7) is 5.26. The minimum Gasteiger partial charge on any atom is -0.503 e. The van der Waals surface area contributed by atoms with Crippen LogP contribution in [0, 0.1) is 0 Å². The average molecular weight is 524 g/mol. The van der Waals surface area contributed by atoms with Crippen LogP contribution in [0.4, 0.5) is 0 Å². The lowest BCUT2D eigenvalue weighted by atomic mass is 9.94. The number of amides is 1. The molecular weight excluding hydrogens is 490 g/mol. The molecule has 1 N–H and O–H groups in total. The highest BCUT2D eigenvalue weighted by Gasteiger charge is 2.44. The van der Waals surface area contributed by atoms with E-state index < -0.39 is 23.5 Å². The molecule has 38 heavy (non-hydrogen) atoms. The summed E-state index contributed by atoms with van der Waals surface area (Å²) in [5.41, 5.74) is 0.913. The number of rotatable bonds is 13. The van der Waals surface area contributed by atoms with Crippen molar-refractivity contribution in [2.75, 3.05) is 40.6 Å². The van der Waals surface area contributed by atoms with Gasteiger partial charge < -0.3 is 33.4 Å². The molecule has 0 fully saturated rings. The van der Waals surface area contributed by atoms with Crippen molar-refractivity contribution in [1.82, 2.24) is 4.90 Å². The second-order valence-electron chi connectivity index (χ2n) is 8.82. The van der Waals surface area contributed by atoms with Crippen molar-refractivity contribution in [1.29, 1.82) is 0 Å². The van der Waals surface area contributed by atoms with Gasteiger partial charge >= 0.3 is 0 Å². The van der Waals surface area contributed by atoms with Crippen molar-refractivity contribution in [2.24, 2.45) is 0 Å². The Bertz CT molecular complexity index is 1340. The second-order valence-corrected chi connectivity index (χ2v) is 8.82. The van der Waals surface area contributed by atoms with Gasteiger partial charge in [-0.05, 0) is 43.2 Å². The number of hydrogen-bond acceptors (Lipinski definition) is 8. The first-order valence-electron chi connectivity index (χ1n) is 12.7. The van der Waals surface area contributed by atoms with Crippen molar-refractivity contribution in [3.05, 3.63) is 65.1 Å². The van der Waals surface area contributed by atoms with Gasteiger partial charge in [0, 0.05) is 19.0 Å². The summed E-state index contributed by atoms with van der Waals surface area (Å²) in [6.07, 6.45) is 1.89. The number of hydrogen-bond donors (Lipinski definition) is 1. The number of methoxy groups -OCH3 is 2. The first-order valence-corrected chi connectivity index (χ1v) is 12.7. The van der Waals surface area contributed by atoms with Crippen LogP contribution in [0.5, 0.6) is 17.2 Å². The van der Waals surface area contributed by atoms with Crippen molar-refractivity contribution >= 4 is 22.7 Å². The lowest BCUT2D eigenvalue weighted by Gasteiger charge is -2.27. The van der Waals surface area contributed by atoms with E-state index in [4.69, 9.17) is 23.4 Å². The Kier molecular flexibility index (Phi) is 8.58. The van der Waals surface area contributed by atoms with E-state index in [1.807, 2.05) is 6.92 Å². The summed E-state index contributed by atoms with van der Waals surface area (Å²) in [4.78, 5) is 28.4. The van der Waals surface area contributed by atoms with Gasteiger partial charge in [0.1, 0.15) is 0 Å². The Morgan fingerprint density at radius 1 is 1.03 bits per heavy atom. The number of aliphatic hydroxyl groups excluding tert-OH is 1. The Morgan fingerprint density at radius 2 is 1.84 bits per heavy atom. The van der Waals surface area contributed by atoms with Crippen molar-refractivity contribution in [2.45, 2.75) is 32.7 Å². The Hall–Kier alpha value is -3.98. The first-order chi connectivity index (χ1) is 18.4. The quantitative estimate of drug-likeness (QED) is 0.239. The topological polar surface area (TPSA) is 108 Å². The maximum Gasteiger partial charge on any atom is 0.290 e. The third-order valence-electron chi connectivity index (χ3n) is 6.38. The van der Waals surface area contributed by atoms with Crippen LogP contribution >= 0.6 is 0 Å². The molecule has 1 amide bonds. The molecule has 0 saturated heterocycles. The fourth-order valence-electron chi connectivity index (χ4n) is 4.50. The van der Waals surface area contributed by atoms with Crippen LogP contribution in [0.2, 0.25) is 0 Å². The number of furan rings is 1. The van der Waals surface area contributed by atoms with Gasteiger partial charge in [0.05, 0.1) is 38.5 Å². The van der Waals surface area contributed by atoms with Crippen LogP contribution in [-0.2, 0) is 9.53 Å². The zero-order valence-electron chi connectivity index (χ0n) is 22.1. The maximum absolute atomic E-state index is 13.8. The third kappa shape index (κ3) is 5.19. The van der Waals surface area contributed by atoms with Crippen molar-refractivity contribution in [3.8, 4) is 17.2 Å². The molecule has 1 aliphatic heterocycles. The average Bonchev–Trinajstić information content (AvgIpc) is 3.47. The number of nitrogens with zero attached hydrogens (tertiary/aromatic N) is 1. The summed E-state index contributed by atoms with van der Waals surface area (Å²) in [5.74, 6) is -0.355. The van der Waals surface area contributed by atoms with Crippen molar-refractivity contribution in [3.63, 3.8) is 0 Å². The predicted octanol–water partition coefficient (Wildman–Crippen LogP) is 5.24. The van der Waals surface area contributed by atoms with Crippen LogP contribution in [-0.4, -0.2) is 62.3 Å². The highest BCUT2D eigenvalue weighted by atomic mass is 16.5. The molecule has 0 saturated carbocycles. The van der Waals surface area contributed by atoms with Crippen LogP contribution in [0.1, 0.15) is 48.8 Å². The van der Waals surface area contributed by atoms with Gasteiger partial charge in [0.2, 0.25) is 5.78 Å². The molecule has 3 aromatic rings. The number of carbonyl (C=O) groups excluding carboxylic acids is 2. The number of fused-ring (bicyclic) bond motifs is 1. The SMILES string of the molecule is CCCCOc1ccc(C2C(C(=O)c3cc4cccc(OC)c4o3)=C(O)C(=O)N2CCOC)cc1OCC. The minimum absolute atomic E-state index is 0.0120. The molecule has 0 spiro atoms. The van der Waals surface area contributed by atoms with Crippen LogP contribution in [0.15, 0.2) is 58.2 Å². The third-order valence-corrected chi connectivity index (χ3v) is 6.38. The number of para-hydroxylation sites is 1. The van der Waals surface area contributed by atoms with Gasteiger partial charge in [-0.25, -0.2) is 0 Å². The molecule has 0 bridgehead atoms. The maximum atomic E-state index is 13.8. The Morgan fingerprint density at radius 3 is 2.55 bits per heavy atom. The normalized spacial score (nSPS) is 15.4. The van der Waals surface area contributed by atoms with E-state index in [1.165, 1.54) is 19.1 Å². The summed E-state index contributed by atoms with van der Waals surface area (Å²) in [6, 6.07) is 11.3. The van der Waals surface area contributed by atoms with Crippen molar-refractivity contribution < 1.29 is 38.1 Å². The van der Waals surface area contributed by atoms with Crippen LogP contribution < -0.4 is 14.2 Å². The molecule has 1 atom stereocenters. The van der Waals surface area contributed by atoms with E-state index in [9.17, 15) is 14.7 Å². The number of ether oxygens (including phenoxy) is 4. The molecule has 9 nitrogen and oxygen atoms in total. The van der Waals surface area contributed by atoms with Crippen LogP contribution in [0.3, 0.4) is 0 Å². The largest absolute Gasteiger partial charge is 0.503 e. The molecule has 2 heterocycles. The Labute approximate surface area is 221 Å². The number of unbranched alkanes of at least 4 members (excludes halogenated alkanes) is 1. The fourth-order valence-corrected chi connectivity index (χ4v) is 4.50. The Balaban J connectivity index is 1.78. The second kappa shape index (κ2) is 12.0. The smallest absolute Gasteiger partial charge is 0.290 e. The van der Waals surface area contributed by atoms with Gasteiger partial charge in [-0.2, -0.15) is 0 Å². The fraction of sp³-hybridized carbons (Fsp3) is 0.379. The number of benzene rings is 2. The van der Waals surface area contributed by atoms with Gasteiger partial charge in [-0.15, -0.1) is 0 Å².